The average Bonchev–Trinajstić information content (AvgIpc) is 2.98. The highest BCUT2D eigenvalue weighted by molar-refractivity contribution is 5.94. The molecule has 1 heterocycles. The van der Waals surface area contributed by atoms with Crippen LogP contribution >= 0.6 is 12.4 Å². The van der Waals surface area contributed by atoms with Crippen molar-refractivity contribution in [1.82, 2.24) is 10.6 Å². The molecule has 1 aliphatic heterocycles. The number of hydrogen-bond donors (Lipinski definition) is 2. The molecule has 1 atom stereocenters. The molecule has 2 N–H and O–H groups in total. The molecule has 1 aromatic rings. The number of carbonyl (C=O) groups excluding carboxylic acids is 1. The van der Waals surface area contributed by atoms with E-state index in [0.717, 1.165) is 38.2 Å². The smallest absolute Gasteiger partial charge is 0.251 e. The fourth-order valence-electron chi connectivity index (χ4n) is 2.40. The van der Waals surface area contributed by atoms with E-state index in [1.165, 1.54) is 6.42 Å². The van der Waals surface area contributed by atoms with Gasteiger partial charge in [-0.25, -0.2) is 0 Å². The van der Waals surface area contributed by atoms with Crippen LogP contribution < -0.4 is 15.4 Å². The SMILES string of the molecule is CCCOc1cccc(C(=O)NCCC2CCNC2)c1.Cl. The van der Waals surface area contributed by atoms with Gasteiger partial charge in [0.05, 0.1) is 6.61 Å². The molecular formula is C16H25ClN2O2. The normalized spacial score (nSPS) is 17.1. The van der Waals surface area contributed by atoms with Gasteiger partial charge in [-0.05, 0) is 56.5 Å². The van der Waals surface area contributed by atoms with Crippen LogP contribution in [0.4, 0.5) is 0 Å². The quantitative estimate of drug-likeness (QED) is 0.814. The largest absolute Gasteiger partial charge is 0.494 e. The van der Waals surface area contributed by atoms with Gasteiger partial charge in [-0.15, -0.1) is 12.4 Å². The number of amides is 1. The molecule has 0 aliphatic carbocycles. The average molecular weight is 313 g/mol. The van der Waals surface area contributed by atoms with Gasteiger partial charge in [-0.1, -0.05) is 13.0 Å². The molecule has 21 heavy (non-hydrogen) atoms. The van der Waals surface area contributed by atoms with Crippen LogP contribution in [-0.4, -0.2) is 32.1 Å². The van der Waals surface area contributed by atoms with E-state index in [0.29, 0.717) is 18.1 Å². The Balaban J connectivity index is 0.00000220. The Hall–Kier alpha value is -1.26. The highest BCUT2D eigenvalue weighted by Gasteiger charge is 2.14. The summed E-state index contributed by atoms with van der Waals surface area (Å²) in [5, 5.41) is 6.33. The van der Waals surface area contributed by atoms with Crippen LogP contribution in [-0.2, 0) is 0 Å². The maximum atomic E-state index is 12.1. The molecule has 1 aromatic carbocycles. The van der Waals surface area contributed by atoms with Crippen LogP contribution in [0, 0.1) is 5.92 Å². The lowest BCUT2D eigenvalue weighted by atomic mass is 10.1. The highest BCUT2D eigenvalue weighted by atomic mass is 35.5. The van der Waals surface area contributed by atoms with Crippen molar-refractivity contribution in [1.29, 1.82) is 0 Å². The number of rotatable bonds is 7. The van der Waals surface area contributed by atoms with Gasteiger partial charge < -0.3 is 15.4 Å². The Morgan fingerprint density at radius 2 is 2.33 bits per heavy atom. The maximum Gasteiger partial charge on any atom is 0.251 e. The van der Waals surface area contributed by atoms with Gasteiger partial charge in [0, 0.05) is 12.1 Å². The van der Waals surface area contributed by atoms with Gasteiger partial charge in [0.2, 0.25) is 0 Å². The predicted octanol–water partition coefficient (Wildman–Crippen LogP) is 2.63. The first kappa shape index (κ1) is 17.8. The van der Waals surface area contributed by atoms with Gasteiger partial charge in [0.15, 0.2) is 0 Å². The summed E-state index contributed by atoms with van der Waals surface area (Å²) in [6.07, 6.45) is 3.23. The second-order valence-corrected chi connectivity index (χ2v) is 5.28. The van der Waals surface area contributed by atoms with Crippen LogP contribution in [0.1, 0.15) is 36.5 Å². The van der Waals surface area contributed by atoms with E-state index >= 15 is 0 Å². The van der Waals surface area contributed by atoms with Crippen molar-refractivity contribution in [2.75, 3.05) is 26.2 Å². The summed E-state index contributed by atoms with van der Waals surface area (Å²) in [4.78, 5) is 12.1. The second kappa shape index (κ2) is 9.64. The lowest BCUT2D eigenvalue weighted by Gasteiger charge is -2.10. The molecule has 2 rings (SSSR count). The van der Waals surface area contributed by atoms with Crippen molar-refractivity contribution in [2.24, 2.45) is 5.92 Å². The third kappa shape index (κ3) is 5.94. The van der Waals surface area contributed by atoms with E-state index in [4.69, 9.17) is 4.74 Å². The second-order valence-electron chi connectivity index (χ2n) is 5.28. The van der Waals surface area contributed by atoms with Gasteiger partial charge in [0.1, 0.15) is 5.75 Å². The molecule has 5 heteroatoms. The Morgan fingerprint density at radius 3 is 3.05 bits per heavy atom. The standard InChI is InChI=1S/C16H24N2O2.ClH/c1-2-10-20-15-5-3-4-14(11-15)16(19)18-9-7-13-6-8-17-12-13;/h3-5,11,13,17H,2,6-10,12H2,1H3,(H,18,19);1H. The molecule has 1 aliphatic rings. The van der Waals surface area contributed by atoms with Gasteiger partial charge in [0.25, 0.3) is 5.91 Å². The zero-order chi connectivity index (χ0) is 14.2. The minimum atomic E-state index is -0.0158. The van der Waals surface area contributed by atoms with E-state index in [9.17, 15) is 4.79 Å². The number of nitrogens with one attached hydrogen (secondary N) is 2. The summed E-state index contributed by atoms with van der Waals surface area (Å²) in [6.45, 7) is 5.67. The molecular weight excluding hydrogens is 288 g/mol. The van der Waals surface area contributed by atoms with Crippen molar-refractivity contribution in [2.45, 2.75) is 26.2 Å². The van der Waals surface area contributed by atoms with E-state index < -0.39 is 0 Å². The molecule has 1 amide bonds. The lowest BCUT2D eigenvalue weighted by Crippen LogP contribution is -2.26. The molecule has 4 nitrogen and oxygen atoms in total. The number of carbonyl (C=O) groups is 1. The van der Waals surface area contributed by atoms with Crippen molar-refractivity contribution in [3.05, 3.63) is 29.8 Å². The third-order valence-electron chi connectivity index (χ3n) is 3.57. The zero-order valence-electron chi connectivity index (χ0n) is 12.6. The van der Waals surface area contributed by atoms with Crippen molar-refractivity contribution < 1.29 is 9.53 Å². The molecule has 0 bridgehead atoms. The maximum absolute atomic E-state index is 12.1. The summed E-state index contributed by atoms with van der Waals surface area (Å²) in [5.74, 6) is 1.45. The number of ether oxygens (including phenoxy) is 1. The summed E-state index contributed by atoms with van der Waals surface area (Å²) in [5.41, 5.74) is 0.670. The summed E-state index contributed by atoms with van der Waals surface area (Å²) < 4.78 is 5.54. The summed E-state index contributed by atoms with van der Waals surface area (Å²) in [7, 11) is 0. The molecule has 0 aromatic heterocycles. The monoisotopic (exact) mass is 312 g/mol. The first-order valence-electron chi connectivity index (χ1n) is 7.51. The van der Waals surface area contributed by atoms with E-state index in [-0.39, 0.29) is 18.3 Å². The van der Waals surface area contributed by atoms with Gasteiger partial charge in [-0.3, -0.25) is 4.79 Å². The number of hydrogen-bond acceptors (Lipinski definition) is 3. The van der Waals surface area contributed by atoms with Crippen LogP contribution in [0.5, 0.6) is 5.75 Å². The Morgan fingerprint density at radius 1 is 1.48 bits per heavy atom. The fraction of sp³-hybridized carbons (Fsp3) is 0.562. The first-order valence-corrected chi connectivity index (χ1v) is 7.51. The fourth-order valence-corrected chi connectivity index (χ4v) is 2.40. The van der Waals surface area contributed by atoms with Crippen LogP contribution in [0.2, 0.25) is 0 Å². The Bertz CT molecular complexity index is 434. The van der Waals surface area contributed by atoms with E-state index in [1.807, 2.05) is 24.3 Å². The van der Waals surface area contributed by atoms with Crippen LogP contribution in [0.3, 0.4) is 0 Å². The van der Waals surface area contributed by atoms with Crippen molar-refractivity contribution in [3.63, 3.8) is 0 Å². The lowest BCUT2D eigenvalue weighted by molar-refractivity contribution is 0.0951. The summed E-state index contributed by atoms with van der Waals surface area (Å²) >= 11 is 0. The molecule has 0 radical (unpaired) electrons. The van der Waals surface area contributed by atoms with Gasteiger partial charge >= 0.3 is 0 Å². The minimum Gasteiger partial charge on any atom is -0.494 e. The van der Waals surface area contributed by atoms with E-state index in [2.05, 4.69) is 17.6 Å². The third-order valence-corrected chi connectivity index (χ3v) is 3.57. The number of benzene rings is 1. The molecule has 0 saturated carbocycles. The minimum absolute atomic E-state index is 0. The Labute approximate surface area is 133 Å². The van der Waals surface area contributed by atoms with Gasteiger partial charge in [-0.2, -0.15) is 0 Å². The zero-order valence-corrected chi connectivity index (χ0v) is 13.4. The Kier molecular flexibility index (Phi) is 8.16. The molecule has 1 unspecified atom stereocenters. The predicted molar refractivity (Wildman–Crippen MR) is 87.4 cm³/mol. The van der Waals surface area contributed by atoms with Crippen LogP contribution in [0.15, 0.2) is 24.3 Å². The van der Waals surface area contributed by atoms with Crippen molar-refractivity contribution >= 4 is 18.3 Å². The topological polar surface area (TPSA) is 50.4 Å². The first-order chi connectivity index (χ1) is 9.79. The van der Waals surface area contributed by atoms with Crippen LogP contribution in [0.25, 0.3) is 0 Å². The molecule has 118 valence electrons. The molecule has 0 spiro atoms. The van der Waals surface area contributed by atoms with E-state index in [1.54, 1.807) is 0 Å². The highest BCUT2D eigenvalue weighted by Crippen LogP contribution is 2.14. The number of halogens is 1. The summed E-state index contributed by atoms with van der Waals surface area (Å²) in [6, 6.07) is 7.38. The van der Waals surface area contributed by atoms with Crippen molar-refractivity contribution in [3.8, 4) is 5.75 Å². The molecule has 1 fully saturated rings. The molecule has 1 saturated heterocycles.